The minimum absolute atomic E-state index is 0.0438. The first-order valence-electron chi connectivity index (χ1n) is 9.29. The van der Waals surface area contributed by atoms with Gasteiger partial charge >= 0.3 is 6.03 Å². The van der Waals surface area contributed by atoms with Crippen molar-refractivity contribution >= 4 is 17.4 Å². The molecule has 2 heterocycles. The smallest absolute Gasteiger partial charge is 0.318 e. The van der Waals surface area contributed by atoms with Crippen LogP contribution in [-0.4, -0.2) is 27.9 Å². The summed E-state index contributed by atoms with van der Waals surface area (Å²) in [7, 11) is 1.90. The molecule has 0 bridgehead atoms. The molecule has 1 aliphatic rings. The van der Waals surface area contributed by atoms with Gasteiger partial charge in [-0.15, -0.1) is 11.3 Å². The van der Waals surface area contributed by atoms with E-state index in [0.717, 1.165) is 35.5 Å². The second-order valence-corrected chi connectivity index (χ2v) is 8.67. The van der Waals surface area contributed by atoms with Crippen LogP contribution in [-0.2, 0) is 6.42 Å². The number of hydrogen-bond acceptors (Lipinski definition) is 4. The van der Waals surface area contributed by atoms with E-state index in [4.69, 9.17) is 0 Å². The van der Waals surface area contributed by atoms with Crippen LogP contribution in [0, 0.1) is 19.8 Å². The van der Waals surface area contributed by atoms with Gasteiger partial charge in [-0.3, -0.25) is 4.98 Å². The lowest BCUT2D eigenvalue weighted by molar-refractivity contribution is 0.177. The van der Waals surface area contributed by atoms with Crippen LogP contribution in [0.5, 0.6) is 0 Å². The SMILES string of the molecule is Cc1nc2c(s1)C(N(C)C(=O)NC(c1ncccc1C)C(C)C)CCC2. The number of urea groups is 1. The van der Waals surface area contributed by atoms with Crippen LogP contribution in [0.15, 0.2) is 18.3 Å². The summed E-state index contributed by atoms with van der Waals surface area (Å²) < 4.78 is 0. The Bertz CT molecular complexity index is 786. The lowest BCUT2D eigenvalue weighted by Gasteiger charge is -2.33. The van der Waals surface area contributed by atoms with Gasteiger partial charge in [0.05, 0.1) is 33.4 Å². The highest BCUT2D eigenvalue weighted by Crippen LogP contribution is 2.37. The number of hydrogen-bond donors (Lipinski definition) is 1. The van der Waals surface area contributed by atoms with Gasteiger partial charge in [0.1, 0.15) is 0 Å². The monoisotopic (exact) mass is 372 g/mol. The highest BCUT2D eigenvalue weighted by molar-refractivity contribution is 7.11. The molecule has 140 valence electrons. The summed E-state index contributed by atoms with van der Waals surface area (Å²) in [6, 6.07) is 3.94. The summed E-state index contributed by atoms with van der Waals surface area (Å²) in [4.78, 5) is 25.3. The molecule has 26 heavy (non-hydrogen) atoms. The summed E-state index contributed by atoms with van der Waals surface area (Å²) in [5.74, 6) is 0.258. The molecule has 0 radical (unpaired) electrons. The third kappa shape index (κ3) is 3.75. The Morgan fingerprint density at radius 1 is 1.38 bits per heavy atom. The number of aromatic nitrogens is 2. The second kappa shape index (κ2) is 7.74. The molecular formula is C20H28N4OS. The van der Waals surface area contributed by atoms with Gasteiger partial charge in [0.25, 0.3) is 0 Å². The summed E-state index contributed by atoms with van der Waals surface area (Å²) in [6.07, 6.45) is 4.88. The Morgan fingerprint density at radius 2 is 2.15 bits per heavy atom. The van der Waals surface area contributed by atoms with E-state index in [1.165, 1.54) is 10.6 Å². The molecule has 0 fully saturated rings. The van der Waals surface area contributed by atoms with E-state index in [0.29, 0.717) is 0 Å². The Morgan fingerprint density at radius 3 is 2.85 bits per heavy atom. The normalized spacial score (nSPS) is 17.7. The van der Waals surface area contributed by atoms with Crippen molar-refractivity contribution in [3.63, 3.8) is 0 Å². The van der Waals surface area contributed by atoms with Crippen molar-refractivity contribution in [1.29, 1.82) is 0 Å². The van der Waals surface area contributed by atoms with Crippen LogP contribution in [0.1, 0.15) is 65.6 Å². The highest BCUT2D eigenvalue weighted by atomic mass is 32.1. The predicted molar refractivity (Wildman–Crippen MR) is 105 cm³/mol. The van der Waals surface area contributed by atoms with Crippen molar-refractivity contribution in [2.24, 2.45) is 5.92 Å². The Labute approximate surface area is 159 Å². The molecule has 5 nitrogen and oxygen atoms in total. The van der Waals surface area contributed by atoms with Crippen LogP contribution in [0.2, 0.25) is 0 Å². The van der Waals surface area contributed by atoms with Gasteiger partial charge in [0.2, 0.25) is 0 Å². The number of rotatable bonds is 4. The van der Waals surface area contributed by atoms with Crippen molar-refractivity contribution in [3.8, 4) is 0 Å². The zero-order valence-corrected chi connectivity index (χ0v) is 17.1. The molecule has 2 amide bonds. The minimum atomic E-state index is -0.0996. The molecule has 1 aliphatic carbocycles. The van der Waals surface area contributed by atoms with E-state index in [1.54, 1.807) is 17.5 Å². The molecule has 1 N–H and O–H groups in total. The van der Waals surface area contributed by atoms with E-state index >= 15 is 0 Å². The molecule has 0 aliphatic heterocycles. The van der Waals surface area contributed by atoms with Crippen molar-refractivity contribution in [2.75, 3.05) is 7.05 Å². The van der Waals surface area contributed by atoms with Gasteiger partial charge in [0, 0.05) is 13.2 Å². The lowest BCUT2D eigenvalue weighted by atomic mass is 9.96. The highest BCUT2D eigenvalue weighted by Gasteiger charge is 2.31. The number of nitrogens with zero attached hydrogens (tertiary/aromatic N) is 3. The van der Waals surface area contributed by atoms with Gasteiger partial charge < -0.3 is 10.2 Å². The van der Waals surface area contributed by atoms with Crippen LogP contribution in [0.25, 0.3) is 0 Å². The molecule has 6 heteroatoms. The molecule has 0 aromatic carbocycles. The van der Waals surface area contributed by atoms with Crippen LogP contribution in [0.3, 0.4) is 0 Å². The third-order valence-corrected chi connectivity index (χ3v) is 6.22. The van der Waals surface area contributed by atoms with Crippen molar-refractivity contribution in [1.82, 2.24) is 20.2 Å². The fourth-order valence-corrected chi connectivity index (χ4v) is 4.79. The summed E-state index contributed by atoms with van der Waals surface area (Å²) in [5, 5.41) is 4.30. The molecule has 0 saturated carbocycles. The van der Waals surface area contributed by atoms with Gasteiger partial charge in [-0.2, -0.15) is 0 Å². The topological polar surface area (TPSA) is 58.1 Å². The first kappa shape index (κ1) is 18.8. The minimum Gasteiger partial charge on any atom is -0.329 e. The van der Waals surface area contributed by atoms with Gasteiger partial charge in [-0.25, -0.2) is 9.78 Å². The van der Waals surface area contributed by atoms with Crippen LogP contribution < -0.4 is 5.32 Å². The van der Waals surface area contributed by atoms with Crippen molar-refractivity contribution in [3.05, 3.63) is 45.2 Å². The zero-order valence-electron chi connectivity index (χ0n) is 16.2. The maximum absolute atomic E-state index is 13.0. The standard InChI is InChI=1S/C20H28N4OS/c1-12(2)17(18-13(3)8-7-11-21-18)23-20(25)24(5)16-10-6-9-15-19(16)26-14(4)22-15/h7-8,11-12,16-17H,6,9-10H2,1-5H3,(H,23,25). The van der Waals surface area contributed by atoms with Gasteiger partial charge in [0.15, 0.2) is 0 Å². The molecule has 0 spiro atoms. The average molecular weight is 373 g/mol. The number of carbonyl (C=O) groups excluding carboxylic acids is 1. The number of thiazole rings is 1. The maximum atomic E-state index is 13.0. The fraction of sp³-hybridized carbons (Fsp3) is 0.550. The average Bonchev–Trinajstić information content (AvgIpc) is 2.99. The maximum Gasteiger partial charge on any atom is 0.318 e. The van der Waals surface area contributed by atoms with Gasteiger partial charge in [-0.1, -0.05) is 19.9 Å². The fourth-order valence-electron chi connectivity index (χ4n) is 3.64. The zero-order chi connectivity index (χ0) is 18.8. The molecule has 2 atom stereocenters. The van der Waals surface area contributed by atoms with E-state index < -0.39 is 0 Å². The number of carbonyl (C=O) groups is 1. The predicted octanol–water partition coefficient (Wildman–Crippen LogP) is 4.57. The van der Waals surface area contributed by atoms with Crippen molar-refractivity contribution < 1.29 is 4.79 Å². The first-order chi connectivity index (χ1) is 12.4. The van der Waals surface area contributed by atoms with Crippen LogP contribution in [0.4, 0.5) is 4.79 Å². The Hall–Kier alpha value is -1.95. The lowest BCUT2D eigenvalue weighted by Crippen LogP contribution is -2.43. The van der Waals surface area contributed by atoms with Crippen LogP contribution >= 0.6 is 11.3 Å². The largest absolute Gasteiger partial charge is 0.329 e. The molecule has 2 unspecified atom stereocenters. The summed E-state index contributed by atoms with van der Waals surface area (Å²) in [5.41, 5.74) is 3.22. The summed E-state index contributed by atoms with van der Waals surface area (Å²) >= 11 is 1.72. The summed E-state index contributed by atoms with van der Waals surface area (Å²) in [6.45, 7) is 8.31. The third-order valence-electron chi connectivity index (χ3n) is 5.11. The number of pyridine rings is 1. The molecular weight excluding hydrogens is 344 g/mol. The molecule has 2 aromatic rings. The number of nitrogens with one attached hydrogen (secondary N) is 1. The van der Waals surface area contributed by atoms with E-state index in [2.05, 4.69) is 29.1 Å². The Balaban J connectivity index is 1.79. The number of amides is 2. The first-order valence-corrected chi connectivity index (χ1v) is 10.1. The van der Waals surface area contributed by atoms with E-state index in [9.17, 15) is 4.79 Å². The molecule has 2 aromatic heterocycles. The van der Waals surface area contributed by atoms with E-state index in [-0.39, 0.29) is 24.0 Å². The number of fused-ring (bicyclic) bond motifs is 1. The number of aryl methyl sites for hydroxylation is 3. The second-order valence-electron chi connectivity index (χ2n) is 7.44. The quantitative estimate of drug-likeness (QED) is 0.855. The van der Waals surface area contributed by atoms with Crippen molar-refractivity contribution in [2.45, 2.75) is 59.0 Å². The van der Waals surface area contributed by atoms with Gasteiger partial charge in [-0.05, 0) is 50.7 Å². The molecule has 3 rings (SSSR count). The Kier molecular flexibility index (Phi) is 5.61. The molecule has 0 saturated heterocycles. The van der Waals surface area contributed by atoms with E-state index in [1.807, 2.05) is 37.9 Å².